The smallest absolute Gasteiger partial charge is 0.329 e. The molecule has 0 spiro atoms. The minimum absolute atomic E-state index is 0.206. The van der Waals surface area contributed by atoms with Crippen molar-refractivity contribution < 1.29 is 14.3 Å². The van der Waals surface area contributed by atoms with Crippen LogP contribution < -0.4 is 9.79 Å². The van der Waals surface area contributed by atoms with E-state index in [1.807, 2.05) is 60.7 Å². The van der Waals surface area contributed by atoms with Crippen molar-refractivity contribution >= 4 is 11.8 Å². The molecule has 104 valence electrons. The van der Waals surface area contributed by atoms with Crippen LogP contribution in [0.2, 0.25) is 0 Å². The number of nitrogens with zero attached hydrogens (tertiary/aromatic N) is 3. The second-order valence-corrected chi connectivity index (χ2v) is 4.47. The monoisotopic (exact) mass is 279 g/mol. The van der Waals surface area contributed by atoms with Crippen LogP contribution in [0, 0.1) is 0 Å². The molecular formula is C16H13N3O2. The van der Waals surface area contributed by atoms with Crippen LogP contribution in [0.15, 0.2) is 70.2 Å². The molecule has 21 heavy (non-hydrogen) atoms. The molecule has 3 aromatic rings. The Morgan fingerprint density at radius 1 is 1.05 bits per heavy atom. The zero-order chi connectivity index (χ0) is 14.7. The average molecular weight is 279 g/mol. The number of rotatable bonds is 3. The Labute approximate surface area is 121 Å². The fraction of sp³-hybridized carbons (Fsp3) is 0.0625. The molecule has 5 heteroatoms. The summed E-state index contributed by atoms with van der Waals surface area (Å²) in [6.45, 7) is 1.38. The number of hydrogen-bond acceptors (Lipinski definition) is 4. The van der Waals surface area contributed by atoms with Gasteiger partial charge in [0.2, 0.25) is 11.0 Å². The van der Waals surface area contributed by atoms with Crippen LogP contribution in [0.5, 0.6) is 0 Å². The first-order valence-corrected chi connectivity index (χ1v) is 6.51. The molecule has 0 saturated heterocycles. The standard InChI is InChI=1S/C16H13N3O2/c1-12(20)17-16-15(13-8-4-2-5-9-13)19(18-21-16)14-10-6-3-7-11-14/h2-11H,1H3. The molecule has 0 unspecified atom stereocenters. The first-order valence-electron chi connectivity index (χ1n) is 6.51. The average Bonchev–Trinajstić information content (AvgIpc) is 2.92. The lowest BCUT2D eigenvalue weighted by molar-refractivity contribution is -0.660. The lowest BCUT2D eigenvalue weighted by Crippen LogP contribution is -2.34. The normalized spacial score (nSPS) is 11.6. The molecular weight excluding hydrogens is 266 g/mol. The Morgan fingerprint density at radius 2 is 1.67 bits per heavy atom. The number of aliphatic imine (C=N–C) groups is 1. The van der Waals surface area contributed by atoms with Gasteiger partial charge in [-0.1, -0.05) is 36.4 Å². The lowest BCUT2D eigenvalue weighted by atomic mass is 10.1. The maximum atomic E-state index is 11.3. The van der Waals surface area contributed by atoms with Gasteiger partial charge in [0.15, 0.2) is 0 Å². The van der Waals surface area contributed by atoms with E-state index in [4.69, 9.17) is 4.52 Å². The van der Waals surface area contributed by atoms with Gasteiger partial charge in [-0.2, -0.15) is 0 Å². The maximum absolute atomic E-state index is 11.3. The Morgan fingerprint density at radius 3 is 2.29 bits per heavy atom. The summed E-state index contributed by atoms with van der Waals surface area (Å²) < 4.78 is 6.88. The van der Waals surface area contributed by atoms with Gasteiger partial charge in [-0.25, -0.2) is 4.99 Å². The lowest BCUT2D eigenvalue weighted by Gasteiger charge is -1.99. The third-order valence-corrected chi connectivity index (χ3v) is 2.93. The minimum Gasteiger partial charge on any atom is -0.862 e. The van der Waals surface area contributed by atoms with Crippen LogP contribution in [0.3, 0.4) is 0 Å². The van der Waals surface area contributed by atoms with Gasteiger partial charge in [-0.3, -0.25) is 4.52 Å². The molecule has 0 aliphatic heterocycles. The van der Waals surface area contributed by atoms with E-state index in [-0.39, 0.29) is 11.8 Å². The molecule has 0 saturated carbocycles. The molecule has 1 aromatic heterocycles. The van der Waals surface area contributed by atoms with Crippen LogP contribution in [0.1, 0.15) is 6.92 Å². The van der Waals surface area contributed by atoms with Gasteiger partial charge in [0.05, 0.1) is 5.56 Å². The summed E-state index contributed by atoms with van der Waals surface area (Å²) in [6.07, 6.45) is 0. The first-order chi connectivity index (χ1) is 10.3. The van der Waals surface area contributed by atoms with E-state index >= 15 is 0 Å². The van der Waals surface area contributed by atoms with Gasteiger partial charge in [0, 0.05) is 12.1 Å². The third kappa shape index (κ3) is 2.67. The van der Waals surface area contributed by atoms with Crippen LogP contribution in [-0.2, 0) is 0 Å². The van der Waals surface area contributed by atoms with Crippen LogP contribution in [0.4, 0.5) is 5.88 Å². The van der Waals surface area contributed by atoms with Gasteiger partial charge in [-0.15, -0.1) is 0 Å². The van der Waals surface area contributed by atoms with E-state index in [0.717, 1.165) is 11.3 Å². The van der Waals surface area contributed by atoms with Gasteiger partial charge in [-0.05, 0) is 29.6 Å². The van der Waals surface area contributed by atoms with Crippen molar-refractivity contribution in [3.63, 3.8) is 0 Å². The van der Waals surface area contributed by atoms with Crippen LogP contribution in [-0.4, -0.2) is 11.2 Å². The van der Waals surface area contributed by atoms with Crippen molar-refractivity contribution in [2.24, 2.45) is 4.99 Å². The molecule has 0 radical (unpaired) electrons. The van der Waals surface area contributed by atoms with Crippen LogP contribution in [0.25, 0.3) is 16.9 Å². The fourth-order valence-corrected chi connectivity index (χ4v) is 2.06. The molecule has 0 amide bonds. The zero-order valence-corrected chi connectivity index (χ0v) is 11.4. The van der Waals surface area contributed by atoms with Crippen LogP contribution >= 0.6 is 0 Å². The molecule has 0 atom stereocenters. The molecule has 5 nitrogen and oxygen atoms in total. The first kappa shape index (κ1) is 13.1. The number of aromatic nitrogens is 2. The van der Waals surface area contributed by atoms with E-state index in [9.17, 15) is 5.11 Å². The van der Waals surface area contributed by atoms with E-state index in [1.165, 1.54) is 6.92 Å². The predicted molar refractivity (Wildman–Crippen MR) is 76.2 cm³/mol. The molecule has 1 heterocycles. The maximum Gasteiger partial charge on any atom is 0.329 e. The molecule has 0 fully saturated rings. The van der Waals surface area contributed by atoms with Crippen molar-refractivity contribution in [2.45, 2.75) is 6.92 Å². The molecule has 0 aliphatic carbocycles. The number of hydrogen-bond donors (Lipinski definition) is 0. The number of benzene rings is 2. The molecule has 0 bridgehead atoms. The zero-order valence-electron chi connectivity index (χ0n) is 11.4. The van der Waals surface area contributed by atoms with E-state index < -0.39 is 0 Å². The summed E-state index contributed by atoms with van der Waals surface area (Å²) in [5.41, 5.74) is 2.37. The van der Waals surface area contributed by atoms with Gasteiger partial charge in [0.1, 0.15) is 0 Å². The quantitative estimate of drug-likeness (QED) is 0.418. The Hall–Kier alpha value is -2.95. The van der Waals surface area contributed by atoms with E-state index in [2.05, 4.69) is 10.3 Å². The molecule has 3 rings (SSSR count). The topological polar surface area (TPSA) is 65.3 Å². The highest BCUT2D eigenvalue weighted by Gasteiger charge is 2.27. The summed E-state index contributed by atoms with van der Waals surface area (Å²) in [5.74, 6) is -0.124. The van der Waals surface area contributed by atoms with Gasteiger partial charge < -0.3 is 5.11 Å². The van der Waals surface area contributed by atoms with Crippen molar-refractivity contribution in [1.29, 1.82) is 0 Å². The summed E-state index contributed by atoms with van der Waals surface area (Å²) in [5, 5.41) is 15.3. The Balaban J connectivity index is 2.23. The van der Waals surface area contributed by atoms with Gasteiger partial charge >= 0.3 is 11.6 Å². The van der Waals surface area contributed by atoms with Crippen molar-refractivity contribution in [1.82, 2.24) is 5.27 Å². The van der Waals surface area contributed by atoms with Crippen molar-refractivity contribution in [3.8, 4) is 16.9 Å². The Kier molecular flexibility index (Phi) is 3.47. The Bertz CT molecular complexity index is 761. The summed E-state index contributed by atoms with van der Waals surface area (Å²) in [6, 6.07) is 19.2. The summed E-state index contributed by atoms with van der Waals surface area (Å²) in [7, 11) is 0. The summed E-state index contributed by atoms with van der Waals surface area (Å²) in [4.78, 5) is 3.89. The fourth-order valence-electron chi connectivity index (χ4n) is 2.06. The third-order valence-electron chi connectivity index (χ3n) is 2.93. The van der Waals surface area contributed by atoms with Gasteiger partial charge in [0.25, 0.3) is 0 Å². The highest BCUT2D eigenvalue weighted by molar-refractivity contribution is 5.75. The largest absolute Gasteiger partial charge is 0.862 e. The second kappa shape index (κ2) is 5.58. The number of para-hydroxylation sites is 1. The predicted octanol–water partition coefficient (Wildman–Crippen LogP) is 2.03. The highest BCUT2D eigenvalue weighted by atomic mass is 16.5. The van der Waals surface area contributed by atoms with E-state index in [1.54, 1.807) is 4.68 Å². The van der Waals surface area contributed by atoms with Crippen molar-refractivity contribution in [2.75, 3.05) is 0 Å². The van der Waals surface area contributed by atoms with E-state index in [0.29, 0.717) is 5.69 Å². The SMILES string of the molecule is C/C([O-])=N/c1on[n+](-c2ccccc2)c1-c1ccccc1. The molecule has 0 N–H and O–H groups in total. The highest BCUT2D eigenvalue weighted by Crippen LogP contribution is 2.27. The molecule has 0 aliphatic rings. The molecule has 2 aromatic carbocycles. The minimum atomic E-state index is -0.330. The van der Waals surface area contributed by atoms with Crippen molar-refractivity contribution in [3.05, 3.63) is 60.7 Å². The summed E-state index contributed by atoms with van der Waals surface area (Å²) >= 11 is 0. The second-order valence-electron chi connectivity index (χ2n) is 4.47.